The molecule has 0 bridgehead atoms. The highest BCUT2D eigenvalue weighted by Gasteiger charge is 2.29. The van der Waals surface area contributed by atoms with Crippen LogP contribution in [0, 0.1) is 32.8 Å². The summed E-state index contributed by atoms with van der Waals surface area (Å²) in [4.78, 5) is 22.6. The monoisotopic (exact) mass is 351 g/mol. The number of anilines is 3. The van der Waals surface area contributed by atoms with E-state index < -0.39 is 4.92 Å². The average Bonchev–Trinajstić information content (AvgIpc) is 2.67. The number of para-hydroxylation sites is 1. The molecule has 1 aromatic carbocycles. The van der Waals surface area contributed by atoms with Crippen molar-refractivity contribution in [2.45, 2.75) is 12.8 Å². The van der Waals surface area contributed by atoms with Crippen LogP contribution in [0.15, 0.2) is 36.7 Å². The second kappa shape index (κ2) is 8.94. The van der Waals surface area contributed by atoms with Crippen LogP contribution >= 0.6 is 0 Å². The zero-order valence-corrected chi connectivity index (χ0v) is 14.2. The minimum Gasteiger partial charge on any atom is -0.349 e. The Labute approximate surface area is 150 Å². The molecule has 0 atom stereocenters. The molecule has 1 heterocycles. The average molecular weight is 351 g/mol. The largest absolute Gasteiger partial charge is 0.353 e. The summed E-state index contributed by atoms with van der Waals surface area (Å²) in [5, 5.41) is 29.5. The van der Waals surface area contributed by atoms with Gasteiger partial charge < -0.3 is 9.80 Å². The Morgan fingerprint density at radius 2 is 1.65 bits per heavy atom. The Morgan fingerprint density at radius 1 is 1.08 bits per heavy atom. The first-order valence-electron chi connectivity index (χ1n) is 7.87. The third-order valence-electron chi connectivity index (χ3n) is 3.71. The molecular weight excluding hydrogens is 334 g/mol. The summed E-state index contributed by atoms with van der Waals surface area (Å²) in [6.07, 6.45) is 1.58. The fourth-order valence-electron chi connectivity index (χ4n) is 2.47. The fraction of sp³-hybridized carbons (Fsp3) is 0.294. The minimum atomic E-state index is -0.532. The normalized spacial score (nSPS) is 9.81. The fourth-order valence-corrected chi connectivity index (χ4v) is 2.47. The molecule has 0 fully saturated rings. The number of hydrogen-bond donors (Lipinski definition) is 0. The van der Waals surface area contributed by atoms with Crippen molar-refractivity contribution in [2.24, 2.45) is 0 Å². The number of nitrogens with zero attached hydrogens (tertiary/aromatic N) is 7. The van der Waals surface area contributed by atoms with E-state index >= 15 is 0 Å². The molecule has 0 radical (unpaired) electrons. The highest BCUT2D eigenvalue weighted by Crippen LogP contribution is 2.36. The lowest BCUT2D eigenvalue weighted by Crippen LogP contribution is -2.28. The maximum absolute atomic E-state index is 11.8. The molecule has 0 spiro atoms. The van der Waals surface area contributed by atoms with Gasteiger partial charge in [-0.2, -0.15) is 10.5 Å². The molecule has 0 saturated heterocycles. The predicted molar refractivity (Wildman–Crippen MR) is 95.9 cm³/mol. The van der Waals surface area contributed by atoms with Gasteiger partial charge in [0.15, 0.2) is 0 Å². The van der Waals surface area contributed by atoms with Crippen molar-refractivity contribution in [3.8, 4) is 12.1 Å². The van der Waals surface area contributed by atoms with Crippen molar-refractivity contribution >= 4 is 23.0 Å². The zero-order chi connectivity index (χ0) is 18.9. The lowest BCUT2D eigenvalue weighted by atomic mass is 10.2. The van der Waals surface area contributed by atoms with Crippen LogP contribution in [0.25, 0.3) is 0 Å². The van der Waals surface area contributed by atoms with Gasteiger partial charge in [-0.05, 0) is 12.1 Å². The van der Waals surface area contributed by atoms with E-state index in [1.54, 1.807) is 16.8 Å². The van der Waals surface area contributed by atoms with E-state index in [9.17, 15) is 10.1 Å². The van der Waals surface area contributed by atoms with Crippen LogP contribution in [0.5, 0.6) is 0 Å². The van der Waals surface area contributed by atoms with Gasteiger partial charge in [0.05, 0.1) is 29.9 Å². The first-order valence-corrected chi connectivity index (χ1v) is 7.87. The summed E-state index contributed by atoms with van der Waals surface area (Å²) in [6, 6.07) is 13.1. The molecule has 0 N–H and O–H groups in total. The third kappa shape index (κ3) is 4.22. The summed E-state index contributed by atoms with van der Waals surface area (Å²) in [5.74, 6) is 0.249. The molecule has 26 heavy (non-hydrogen) atoms. The Balaban J connectivity index is 2.51. The van der Waals surface area contributed by atoms with Gasteiger partial charge in [0.25, 0.3) is 0 Å². The number of rotatable bonds is 8. The number of hydrogen-bond acceptors (Lipinski definition) is 8. The molecule has 0 amide bonds. The van der Waals surface area contributed by atoms with Gasteiger partial charge in [-0.3, -0.25) is 10.1 Å². The third-order valence-corrected chi connectivity index (χ3v) is 3.71. The summed E-state index contributed by atoms with van der Waals surface area (Å²) < 4.78 is 0. The Hall–Kier alpha value is -3.72. The summed E-state index contributed by atoms with van der Waals surface area (Å²) in [7, 11) is 1.68. The highest BCUT2D eigenvalue weighted by molar-refractivity contribution is 5.75. The minimum absolute atomic E-state index is 0.105. The molecule has 2 aromatic rings. The molecular formula is C17H17N7O2. The molecule has 0 aliphatic heterocycles. The first-order chi connectivity index (χ1) is 12.6. The Morgan fingerprint density at radius 3 is 2.19 bits per heavy atom. The van der Waals surface area contributed by atoms with E-state index in [0.29, 0.717) is 0 Å². The van der Waals surface area contributed by atoms with Crippen LogP contribution in [-0.4, -0.2) is 35.0 Å². The van der Waals surface area contributed by atoms with Gasteiger partial charge in [-0.1, -0.05) is 18.2 Å². The van der Waals surface area contributed by atoms with E-state index in [1.165, 1.54) is 6.33 Å². The van der Waals surface area contributed by atoms with Gasteiger partial charge >= 0.3 is 5.69 Å². The predicted octanol–water partition coefficient (Wildman–Crippen LogP) is 2.79. The molecule has 0 unspecified atom stereocenters. The van der Waals surface area contributed by atoms with Crippen LogP contribution < -0.4 is 9.80 Å². The molecule has 0 aliphatic rings. The second-order valence-corrected chi connectivity index (χ2v) is 5.32. The Bertz CT molecular complexity index is 824. The zero-order valence-electron chi connectivity index (χ0n) is 14.2. The van der Waals surface area contributed by atoms with Crippen molar-refractivity contribution in [3.63, 3.8) is 0 Å². The van der Waals surface area contributed by atoms with E-state index in [4.69, 9.17) is 10.5 Å². The molecule has 132 valence electrons. The number of aromatic nitrogens is 2. The van der Waals surface area contributed by atoms with Crippen molar-refractivity contribution in [1.82, 2.24) is 9.97 Å². The van der Waals surface area contributed by atoms with Gasteiger partial charge in [-0.15, -0.1) is 0 Å². The SMILES string of the molecule is CN(c1ccccc1)c1ncnc(N(CCC#N)CCC#N)c1[N+](=O)[O-]. The standard InChI is InChI=1S/C17H17N7O2/c1-22(14-7-3-2-4-8-14)16-15(24(25)26)17(21-13-20-16)23(11-5-9-18)12-6-10-19/h2-4,7-8,13H,5-6,11-12H2,1H3. The lowest BCUT2D eigenvalue weighted by molar-refractivity contribution is -0.383. The summed E-state index contributed by atoms with van der Waals surface area (Å²) >= 11 is 0. The molecule has 0 saturated carbocycles. The quantitative estimate of drug-likeness (QED) is 0.525. The second-order valence-electron chi connectivity index (χ2n) is 5.32. The van der Waals surface area contributed by atoms with Gasteiger partial charge in [-0.25, -0.2) is 9.97 Å². The number of nitro groups is 1. The van der Waals surface area contributed by atoms with Crippen LogP contribution in [-0.2, 0) is 0 Å². The lowest BCUT2D eigenvalue weighted by Gasteiger charge is -2.24. The molecule has 9 heteroatoms. The van der Waals surface area contributed by atoms with Crippen molar-refractivity contribution in [1.29, 1.82) is 10.5 Å². The smallest absolute Gasteiger partial charge is 0.349 e. The van der Waals surface area contributed by atoms with Gasteiger partial charge in [0.1, 0.15) is 6.33 Å². The van der Waals surface area contributed by atoms with Gasteiger partial charge in [0, 0.05) is 25.8 Å². The highest BCUT2D eigenvalue weighted by atomic mass is 16.6. The Kier molecular flexibility index (Phi) is 6.40. The van der Waals surface area contributed by atoms with Gasteiger partial charge in [0.2, 0.25) is 11.6 Å². The number of nitriles is 2. The van der Waals surface area contributed by atoms with E-state index in [0.717, 1.165) is 5.69 Å². The maximum atomic E-state index is 11.8. The van der Waals surface area contributed by atoms with Crippen LogP contribution in [0.2, 0.25) is 0 Å². The van der Waals surface area contributed by atoms with E-state index in [-0.39, 0.29) is 43.3 Å². The molecule has 2 rings (SSSR count). The topological polar surface area (TPSA) is 123 Å². The van der Waals surface area contributed by atoms with Crippen molar-refractivity contribution in [3.05, 3.63) is 46.8 Å². The van der Waals surface area contributed by atoms with Crippen LogP contribution in [0.1, 0.15) is 12.8 Å². The van der Waals surface area contributed by atoms with Crippen molar-refractivity contribution in [2.75, 3.05) is 29.9 Å². The number of benzene rings is 1. The maximum Gasteiger partial charge on any atom is 0.353 e. The molecule has 9 nitrogen and oxygen atoms in total. The molecule has 1 aromatic heterocycles. The summed E-state index contributed by atoms with van der Waals surface area (Å²) in [6.45, 7) is 0.481. The summed E-state index contributed by atoms with van der Waals surface area (Å²) in [5.41, 5.74) is 0.482. The van der Waals surface area contributed by atoms with Crippen molar-refractivity contribution < 1.29 is 4.92 Å². The first kappa shape index (κ1) is 18.6. The van der Waals surface area contributed by atoms with Crippen LogP contribution in [0.3, 0.4) is 0 Å². The van der Waals surface area contributed by atoms with Crippen LogP contribution in [0.4, 0.5) is 23.0 Å². The van der Waals surface area contributed by atoms with E-state index in [1.807, 2.05) is 42.5 Å². The molecule has 0 aliphatic carbocycles. The van der Waals surface area contributed by atoms with E-state index in [2.05, 4.69) is 9.97 Å².